The summed E-state index contributed by atoms with van der Waals surface area (Å²) in [4.78, 5) is 0. The summed E-state index contributed by atoms with van der Waals surface area (Å²) in [5.74, 6) is 0. The molecule has 1 heteroatoms. The summed E-state index contributed by atoms with van der Waals surface area (Å²) in [6.45, 7) is 7.08. The Labute approximate surface area is 92.5 Å². The summed E-state index contributed by atoms with van der Waals surface area (Å²) < 4.78 is 0. The highest BCUT2D eigenvalue weighted by molar-refractivity contribution is 5.47. The van der Waals surface area contributed by atoms with E-state index in [1.165, 1.54) is 16.8 Å². The second kappa shape index (κ2) is 6.07. The van der Waals surface area contributed by atoms with Crippen LogP contribution in [0.2, 0.25) is 0 Å². The quantitative estimate of drug-likeness (QED) is 0.728. The molecule has 0 spiro atoms. The van der Waals surface area contributed by atoms with E-state index in [0.29, 0.717) is 0 Å². The first-order chi connectivity index (χ1) is 7.26. The molecule has 0 bridgehead atoms. The number of hydrogen-bond acceptors (Lipinski definition) is 1. The van der Waals surface area contributed by atoms with Crippen LogP contribution in [0.25, 0.3) is 0 Å². The van der Waals surface area contributed by atoms with E-state index in [-0.39, 0.29) is 0 Å². The first-order valence-electron chi connectivity index (χ1n) is 5.34. The van der Waals surface area contributed by atoms with E-state index >= 15 is 0 Å². The van der Waals surface area contributed by atoms with E-state index in [0.717, 1.165) is 6.54 Å². The number of aryl methyl sites for hydroxylation is 1. The smallest absolute Gasteiger partial charge is 0.0397 e. The maximum atomic E-state index is 3.40. The van der Waals surface area contributed by atoms with Gasteiger partial charge < -0.3 is 5.32 Å². The highest BCUT2D eigenvalue weighted by atomic mass is 14.9. The number of hydrogen-bond donors (Lipinski definition) is 1. The summed E-state index contributed by atoms with van der Waals surface area (Å²) in [7, 11) is 0. The fourth-order valence-electron chi connectivity index (χ4n) is 1.43. The largest absolute Gasteiger partial charge is 0.381 e. The van der Waals surface area contributed by atoms with Crippen LogP contribution in [-0.2, 0) is 0 Å². The molecule has 0 saturated heterocycles. The van der Waals surface area contributed by atoms with Crippen LogP contribution in [0.3, 0.4) is 0 Å². The lowest BCUT2D eigenvalue weighted by Crippen LogP contribution is -2.03. The monoisotopic (exact) mass is 201 g/mol. The fraction of sp³-hybridized carbons (Fsp3) is 0.286. The van der Waals surface area contributed by atoms with Crippen LogP contribution in [-0.4, -0.2) is 6.54 Å². The Morgan fingerprint density at radius 2 is 2.13 bits per heavy atom. The Kier molecular flexibility index (Phi) is 4.69. The average molecular weight is 201 g/mol. The van der Waals surface area contributed by atoms with Crippen molar-refractivity contribution in [3.8, 4) is 0 Å². The maximum absolute atomic E-state index is 3.40. The summed E-state index contributed by atoms with van der Waals surface area (Å²) in [5, 5.41) is 3.40. The lowest BCUT2D eigenvalue weighted by molar-refractivity contribution is 1.24. The van der Waals surface area contributed by atoms with Crippen molar-refractivity contribution in [2.75, 3.05) is 11.9 Å². The minimum absolute atomic E-state index is 0.879. The Morgan fingerprint density at radius 3 is 2.73 bits per heavy atom. The first-order valence-corrected chi connectivity index (χ1v) is 5.34. The molecule has 80 valence electrons. The van der Waals surface area contributed by atoms with Gasteiger partial charge in [-0.3, -0.25) is 0 Å². The lowest BCUT2D eigenvalue weighted by Gasteiger charge is -2.07. The van der Waals surface area contributed by atoms with Gasteiger partial charge in [-0.2, -0.15) is 0 Å². The number of anilines is 1. The predicted octanol–water partition coefficient (Wildman–Crippen LogP) is 3.93. The standard InChI is InChI=1S/C14H19N/c1-4-7-13(5-2)11-15-14-9-6-8-12(3)10-14/h4-10,15H,11H2,1-3H3/b7-4-,13-5+. The topological polar surface area (TPSA) is 12.0 Å². The Balaban J connectivity index is 2.57. The predicted molar refractivity (Wildman–Crippen MR) is 68.2 cm³/mol. The van der Waals surface area contributed by atoms with Gasteiger partial charge in [0, 0.05) is 12.2 Å². The highest BCUT2D eigenvalue weighted by Crippen LogP contribution is 2.10. The van der Waals surface area contributed by atoms with Crippen LogP contribution < -0.4 is 5.32 Å². The molecule has 1 nitrogen and oxygen atoms in total. The zero-order valence-electron chi connectivity index (χ0n) is 9.75. The molecular weight excluding hydrogens is 182 g/mol. The van der Waals surface area contributed by atoms with Crippen LogP contribution in [0.15, 0.2) is 48.1 Å². The molecule has 0 fully saturated rings. The van der Waals surface area contributed by atoms with Crippen molar-refractivity contribution in [2.45, 2.75) is 20.8 Å². The van der Waals surface area contributed by atoms with Crippen LogP contribution in [0.4, 0.5) is 5.69 Å². The lowest BCUT2D eigenvalue weighted by atomic mass is 10.2. The van der Waals surface area contributed by atoms with E-state index in [2.05, 4.69) is 61.7 Å². The molecule has 0 atom stereocenters. The molecule has 15 heavy (non-hydrogen) atoms. The van der Waals surface area contributed by atoms with Gasteiger partial charge in [-0.25, -0.2) is 0 Å². The molecule has 0 unspecified atom stereocenters. The summed E-state index contributed by atoms with van der Waals surface area (Å²) >= 11 is 0. The van der Waals surface area contributed by atoms with Crippen molar-refractivity contribution >= 4 is 5.69 Å². The minimum atomic E-state index is 0.879. The van der Waals surface area contributed by atoms with Crippen LogP contribution in [0, 0.1) is 6.92 Å². The number of benzene rings is 1. The van der Waals surface area contributed by atoms with E-state index in [1.54, 1.807) is 0 Å². The van der Waals surface area contributed by atoms with Gasteiger partial charge in [0.1, 0.15) is 0 Å². The summed E-state index contributed by atoms with van der Waals surface area (Å²) in [5.41, 5.74) is 3.77. The Hall–Kier alpha value is -1.50. The van der Waals surface area contributed by atoms with E-state index < -0.39 is 0 Å². The normalized spacial score (nSPS) is 12.1. The Morgan fingerprint density at radius 1 is 1.33 bits per heavy atom. The molecule has 0 saturated carbocycles. The van der Waals surface area contributed by atoms with Gasteiger partial charge in [-0.05, 0) is 44.0 Å². The van der Waals surface area contributed by atoms with Gasteiger partial charge in [0.05, 0.1) is 0 Å². The maximum Gasteiger partial charge on any atom is 0.0397 e. The van der Waals surface area contributed by atoms with Crippen LogP contribution >= 0.6 is 0 Å². The molecule has 0 aliphatic heterocycles. The van der Waals surface area contributed by atoms with E-state index in [1.807, 2.05) is 6.92 Å². The van der Waals surface area contributed by atoms with Gasteiger partial charge in [0.25, 0.3) is 0 Å². The van der Waals surface area contributed by atoms with Gasteiger partial charge in [-0.15, -0.1) is 0 Å². The van der Waals surface area contributed by atoms with Crippen molar-refractivity contribution in [1.82, 2.24) is 0 Å². The molecule has 0 heterocycles. The molecule has 0 amide bonds. The van der Waals surface area contributed by atoms with Crippen molar-refractivity contribution in [1.29, 1.82) is 0 Å². The van der Waals surface area contributed by atoms with Crippen molar-refractivity contribution in [3.05, 3.63) is 53.6 Å². The van der Waals surface area contributed by atoms with Gasteiger partial charge in [-0.1, -0.05) is 30.4 Å². The van der Waals surface area contributed by atoms with E-state index in [9.17, 15) is 0 Å². The van der Waals surface area contributed by atoms with Crippen LogP contribution in [0.5, 0.6) is 0 Å². The molecule has 0 radical (unpaired) electrons. The second-order valence-corrected chi connectivity index (χ2v) is 3.59. The molecule has 1 aromatic carbocycles. The second-order valence-electron chi connectivity index (χ2n) is 3.59. The molecule has 1 N–H and O–H groups in total. The van der Waals surface area contributed by atoms with Crippen molar-refractivity contribution < 1.29 is 0 Å². The molecule has 1 aromatic rings. The number of allylic oxidation sites excluding steroid dienone is 2. The number of nitrogens with one attached hydrogen (secondary N) is 1. The molecule has 1 rings (SSSR count). The highest BCUT2D eigenvalue weighted by Gasteiger charge is 1.93. The first kappa shape index (κ1) is 11.6. The average Bonchev–Trinajstić information content (AvgIpc) is 2.24. The summed E-state index contributed by atoms with van der Waals surface area (Å²) in [6.07, 6.45) is 6.32. The number of rotatable bonds is 4. The van der Waals surface area contributed by atoms with E-state index in [4.69, 9.17) is 0 Å². The van der Waals surface area contributed by atoms with Crippen molar-refractivity contribution in [3.63, 3.8) is 0 Å². The fourth-order valence-corrected chi connectivity index (χ4v) is 1.43. The summed E-state index contributed by atoms with van der Waals surface area (Å²) in [6, 6.07) is 8.43. The van der Waals surface area contributed by atoms with Gasteiger partial charge in [0.15, 0.2) is 0 Å². The van der Waals surface area contributed by atoms with Gasteiger partial charge in [0.2, 0.25) is 0 Å². The van der Waals surface area contributed by atoms with Crippen molar-refractivity contribution in [2.24, 2.45) is 0 Å². The van der Waals surface area contributed by atoms with Crippen LogP contribution in [0.1, 0.15) is 19.4 Å². The molecule has 0 aliphatic rings. The molecule has 0 aliphatic carbocycles. The Bertz CT molecular complexity index is 361. The molecular formula is C14H19N. The zero-order valence-corrected chi connectivity index (χ0v) is 9.75. The molecule has 0 aromatic heterocycles. The third-order valence-corrected chi connectivity index (χ3v) is 2.27. The third-order valence-electron chi connectivity index (χ3n) is 2.27. The minimum Gasteiger partial charge on any atom is -0.381 e. The van der Waals surface area contributed by atoms with Gasteiger partial charge >= 0.3 is 0 Å². The third kappa shape index (κ3) is 4.03. The SMILES string of the molecule is C/C=C\C(=C/C)CNc1cccc(C)c1. The zero-order chi connectivity index (χ0) is 11.1.